The summed E-state index contributed by atoms with van der Waals surface area (Å²) in [6.07, 6.45) is 1.76. The maximum atomic E-state index is 6.31. The first kappa shape index (κ1) is 12.8. The molecule has 1 aromatic heterocycles. The van der Waals surface area contributed by atoms with E-state index < -0.39 is 0 Å². The van der Waals surface area contributed by atoms with Crippen LogP contribution in [0.4, 0.5) is 0 Å². The molecule has 0 saturated carbocycles. The van der Waals surface area contributed by atoms with Crippen LogP contribution in [0.3, 0.4) is 0 Å². The Morgan fingerprint density at radius 1 is 1.35 bits per heavy atom. The lowest BCUT2D eigenvalue weighted by atomic mass is 10.0. The Morgan fingerprint density at radius 2 is 2.06 bits per heavy atom. The van der Waals surface area contributed by atoms with Gasteiger partial charge < -0.3 is 5.73 Å². The lowest BCUT2D eigenvalue weighted by Gasteiger charge is -2.16. The molecule has 1 unspecified atom stereocenters. The Morgan fingerprint density at radius 3 is 2.65 bits per heavy atom. The van der Waals surface area contributed by atoms with Crippen molar-refractivity contribution >= 4 is 31.9 Å². The monoisotopic (exact) mass is 357 g/mol. The van der Waals surface area contributed by atoms with Gasteiger partial charge in [0.1, 0.15) is 0 Å². The molecule has 90 valence electrons. The maximum Gasteiger partial charge on any atom is 0.0745 e. The zero-order valence-corrected chi connectivity index (χ0v) is 12.8. The smallest absolute Gasteiger partial charge is 0.0745 e. The Hall–Kier alpha value is -0.650. The van der Waals surface area contributed by atoms with Crippen LogP contribution in [0.1, 0.15) is 22.9 Å². The zero-order valence-electron chi connectivity index (χ0n) is 9.61. The molecule has 0 spiro atoms. The number of nitrogens with zero attached hydrogens (tertiary/aromatic N) is 2. The molecule has 0 aliphatic rings. The van der Waals surface area contributed by atoms with E-state index >= 15 is 0 Å². The highest BCUT2D eigenvalue weighted by atomic mass is 79.9. The highest BCUT2D eigenvalue weighted by Crippen LogP contribution is 2.32. The predicted octanol–water partition coefficient (Wildman–Crippen LogP) is 3.30. The van der Waals surface area contributed by atoms with Gasteiger partial charge in [-0.3, -0.25) is 4.68 Å². The lowest BCUT2D eigenvalue weighted by molar-refractivity contribution is 0.670. The molecule has 1 heterocycles. The molecule has 0 fully saturated rings. The van der Waals surface area contributed by atoms with Gasteiger partial charge in [0, 0.05) is 11.5 Å². The van der Waals surface area contributed by atoms with Crippen LogP contribution in [0.2, 0.25) is 0 Å². The van der Waals surface area contributed by atoms with Crippen molar-refractivity contribution in [2.24, 2.45) is 12.8 Å². The van der Waals surface area contributed by atoms with Gasteiger partial charge in [0.2, 0.25) is 0 Å². The summed E-state index contributed by atoms with van der Waals surface area (Å²) >= 11 is 7.07. The summed E-state index contributed by atoms with van der Waals surface area (Å²) in [5, 5.41) is 4.19. The van der Waals surface area contributed by atoms with Gasteiger partial charge in [-0.2, -0.15) is 5.10 Å². The number of aromatic nitrogens is 2. The summed E-state index contributed by atoms with van der Waals surface area (Å²) in [6, 6.07) is 5.89. The van der Waals surface area contributed by atoms with E-state index in [0.717, 1.165) is 20.2 Å². The van der Waals surface area contributed by atoms with Crippen LogP contribution in [0.25, 0.3) is 0 Å². The van der Waals surface area contributed by atoms with Crippen molar-refractivity contribution in [1.29, 1.82) is 0 Å². The van der Waals surface area contributed by atoms with Crippen molar-refractivity contribution in [1.82, 2.24) is 9.78 Å². The molecular formula is C12H13Br2N3. The van der Waals surface area contributed by atoms with E-state index in [1.165, 1.54) is 5.56 Å². The minimum atomic E-state index is -0.203. The molecular weight excluding hydrogens is 346 g/mol. The third-order valence-electron chi connectivity index (χ3n) is 2.79. The fraction of sp³-hybridized carbons (Fsp3) is 0.250. The second-order valence-corrected chi connectivity index (χ2v) is 5.60. The van der Waals surface area contributed by atoms with Crippen molar-refractivity contribution in [3.05, 3.63) is 50.2 Å². The standard InChI is InChI=1S/C12H13Br2N3/c1-7-4-3-5-8(10(7)14)11(15)12-9(13)6-16-17(12)2/h3-6,11H,15H2,1-2H3. The second-order valence-electron chi connectivity index (χ2n) is 3.96. The first-order valence-corrected chi connectivity index (χ1v) is 6.79. The first-order chi connectivity index (χ1) is 8.02. The van der Waals surface area contributed by atoms with Crippen molar-refractivity contribution in [2.75, 3.05) is 0 Å². The van der Waals surface area contributed by atoms with Crippen LogP contribution in [0.5, 0.6) is 0 Å². The highest BCUT2D eigenvalue weighted by Gasteiger charge is 2.19. The minimum Gasteiger partial charge on any atom is -0.319 e. The maximum absolute atomic E-state index is 6.31. The van der Waals surface area contributed by atoms with E-state index in [1.807, 2.05) is 19.2 Å². The highest BCUT2D eigenvalue weighted by molar-refractivity contribution is 9.10. The normalized spacial score (nSPS) is 12.8. The van der Waals surface area contributed by atoms with Crippen LogP contribution in [0, 0.1) is 6.92 Å². The Bertz CT molecular complexity index is 529. The van der Waals surface area contributed by atoms with Gasteiger partial charge in [0.05, 0.1) is 22.4 Å². The van der Waals surface area contributed by atoms with E-state index in [9.17, 15) is 0 Å². The molecule has 2 rings (SSSR count). The molecule has 0 radical (unpaired) electrons. The minimum absolute atomic E-state index is 0.203. The molecule has 2 aromatic rings. The van der Waals surface area contributed by atoms with Gasteiger partial charge in [-0.15, -0.1) is 0 Å². The third kappa shape index (κ3) is 2.32. The molecule has 1 atom stereocenters. The first-order valence-electron chi connectivity index (χ1n) is 5.20. The molecule has 2 N–H and O–H groups in total. The Labute approximate surface area is 117 Å². The largest absolute Gasteiger partial charge is 0.319 e. The Balaban J connectivity index is 2.51. The number of aryl methyl sites for hydroxylation is 2. The number of hydrogen-bond donors (Lipinski definition) is 1. The molecule has 5 heteroatoms. The van der Waals surface area contributed by atoms with Crippen molar-refractivity contribution in [3.63, 3.8) is 0 Å². The molecule has 0 saturated heterocycles. The summed E-state index contributed by atoms with van der Waals surface area (Å²) in [6.45, 7) is 2.05. The van der Waals surface area contributed by atoms with E-state index in [-0.39, 0.29) is 6.04 Å². The van der Waals surface area contributed by atoms with Crippen LogP contribution >= 0.6 is 31.9 Å². The predicted molar refractivity (Wildman–Crippen MR) is 75.8 cm³/mol. The summed E-state index contributed by atoms with van der Waals surface area (Å²) in [5.74, 6) is 0. The molecule has 0 aliphatic carbocycles. The van der Waals surface area contributed by atoms with Crippen molar-refractivity contribution in [2.45, 2.75) is 13.0 Å². The van der Waals surface area contributed by atoms with Gasteiger partial charge in [-0.25, -0.2) is 0 Å². The van der Waals surface area contributed by atoms with Gasteiger partial charge in [0.25, 0.3) is 0 Å². The van der Waals surface area contributed by atoms with Crippen LogP contribution < -0.4 is 5.73 Å². The summed E-state index contributed by atoms with van der Waals surface area (Å²) in [4.78, 5) is 0. The van der Waals surface area contributed by atoms with Crippen LogP contribution in [0.15, 0.2) is 33.3 Å². The third-order valence-corrected chi connectivity index (χ3v) is 4.48. The number of hydrogen-bond acceptors (Lipinski definition) is 2. The van der Waals surface area contributed by atoms with E-state index in [4.69, 9.17) is 5.73 Å². The number of nitrogens with two attached hydrogens (primary N) is 1. The van der Waals surface area contributed by atoms with Crippen LogP contribution in [-0.2, 0) is 7.05 Å². The molecule has 1 aromatic carbocycles. The Kier molecular flexibility index (Phi) is 3.70. The SMILES string of the molecule is Cc1cccc(C(N)c2c(Br)cnn2C)c1Br. The summed E-state index contributed by atoms with van der Waals surface area (Å²) in [5.41, 5.74) is 9.52. The van der Waals surface area contributed by atoms with Gasteiger partial charge in [-0.05, 0) is 34.0 Å². The second kappa shape index (κ2) is 4.92. The molecule has 17 heavy (non-hydrogen) atoms. The number of benzene rings is 1. The van der Waals surface area contributed by atoms with Crippen molar-refractivity contribution in [3.8, 4) is 0 Å². The fourth-order valence-electron chi connectivity index (χ4n) is 1.83. The zero-order chi connectivity index (χ0) is 12.6. The average Bonchev–Trinajstić information content (AvgIpc) is 2.62. The van der Waals surface area contributed by atoms with Gasteiger partial charge in [0.15, 0.2) is 0 Å². The van der Waals surface area contributed by atoms with Gasteiger partial charge >= 0.3 is 0 Å². The topological polar surface area (TPSA) is 43.8 Å². The van der Waals surface area contributed by atoms with E-state index in [0.29, 0.717) is 0 Å². The van der Waals surface area contributed by atoms with E-state index in [1.54, 1.807) is 10.9 Å². The fourth-order valence-corrected chi connectivity index (χ4v) is 2.93. The molecule has 0 bridgehead atoms. The molecule has 0 amide bonds. The van der Waals surface area contributed by atoms with E-state index in [2.05, 4.69) is 49.9 Å². The quantitative estimate of drug-likeness (QED) is 0.895. The summed E-state index contributed by atoms with van der Waals surface area (Å²) < 4.78 is 3.78. The lowest BCUT2D eigenvalue weighted by Crippen LogP contribution is -2.17. The number of rotatable bonds is 2. The van der Waals surface area contributed by atoms with Crippen molar-refractivity contribution < 1.29 is 0 Å². The van der Waals surface area contributed by atoms with Gasteiger partial charge in [-0.1, -0.05) is 34.1 Å². The molecule has 3 nitrogen and oxygen atoms in total. The average molecular weight is 359 g/mol. The number of halogens is 2. The summed E-state index contributed by atoms with van der Waals surface area (Å²) in [7, 11) is 1.89. The van der Waals surface area contributed by atoms with Crippen LogP contribution in [-0.4, -0.2) is 9.78 Å². The molecule has 0 aliphatic heterocycles.